The fraction of sp³-hybridized carbons (Fsp3) is 0.320. The molecule has 1 fully saturated rings. The van der Waals surface area contributed by atoms with Gasteiger partial charge in [-0.05, 0) is 74.7 Å². The van der Waals surface area contributed by atoms with Crippen LogP contribution in [0.15, 0.2) is 64.4 Å². The molecule has 4 rings (SSSR count). The topological polar surface area (TPSA) is 121 Å². The molecule has 2 N–H and O–H groups in total. The highest BCUT2D eigenvalue weighted by Crippen LogP contribution is 2.38. The van der Waals surface area contributed by atoms with Gasteiger partial charge < -0.3 is 14.6 Å². The highest BCUT2D eigenvalue weighted by Gasteiger charge is 2.39. The van der Waals surface area contributed by atoms with E-state index in [1.807, 2.05) is 33.9 Å². The van der Waals surface area contributed by atoms with Gasteiger partial charge in [0.25, 0.3) is 21.5 Å². The number of pyridine rings is 2. The Labute approximate surface area is 204 Å². The minimum atomic E-state index is -4.39. The molecule has 1 aliphatic heterocycles. The van der Waals surface area contributed by atoms with E-state index in [9.17, 15) is 18.0 Å². The number of carbonyl (C=O) groups excluding carboxylic acids is 1. The summed E-state index contributed by atoms with van der Waals surface area (Å²) in [6.45, 7) is 6.93. The zero-order chi connectivity index (χ0) is 25.4. The number of hydrogen-bond acceptors (Lipinski definition) is 7. The lowest BCUT2D eigenvalue weighted by atomic mass is 9.97. The third kappa shape index (κ3) is 4.93. The van der Waals surface area contributed by atoms with Crippen molar-refractivity contribution in [2.75, 3.05) is 18.6 Å². The van der Waals surface area contributed by atoms with Gasteiger partial charge in [-0.3, -0.25) is 9.59 Å². The quantitative estimate of drug-likeness (QED) is 0.537. The zero-order valence-electron chi connectivity index (χ0n) is 20.0. The number of ether oxygens (including phenoxy) is 1. The van der Waals surface area contributed by atoms with Crippen LogP contribution in [0, 0.1) is 5.92 Å². The van der Waals surface area contributed by atoms with Crippen LogP contribution in [-0.2, 0) is 10.0 Å². The van der Waals surface area contributed by atoms with Crippen LogP contribution in [0.5, 0.6) is 5.75 Å². The average molecular weight is 497 g/mol. The summed E-state index contributed by atoms with van der Waals surface area (Å²) >= 11 is 0. The van der Waals surface area contributed by atoms with Crippen molar-refractivity contribution in [3.05, 3.63) is 70.6 Å². The van der Waals surface area contributed by atoms with E-state index in [1.54, 1.807) is 19.2 Å². The molecule has 10 heteroatoms. The summed E-state index contributed by atoms with van der Waals surface area (Å²) in [7, 11) is -2.80. The van der Waals surface area contributed by atoms with Gasteiger partial charge in [-0.1, -0.05) is 6.92 Å². The molecule has 0 radical (unpaired) electrons. The smallest absolute Gasteiger partial charge is 0.269 e. The van der Waals surface area contributed by atoms with E-state index < -0.39 is 26.4 Å². The molecular weight excluding hydrogens is 468 g/mol. The molecule has 0 unspecified atom stereocenters. The zero-order valence-corrected chi connectivity index (χ0v) is 20.8. The third-order valence-corrected chi connectivity index (χ3v) is 7.49. The molecule has 35 heavy (non-hydrogen) atoms. The second kappa shape index (κ2) is 9.18. The number of aromatic nitrogens is 2. The van der Waals surface area contributed by atoms with Gasteiger partial charge in [-0.15, -0.1) is 0 Å². The van der Waals surface area contributed by atoms with E-state index in [4.69, 9.17) is 9.72 Å². The van der Waals surface area contributed by atoms with E-state index >= 15 is 0 Å². The van der Waals surface area contributed by atoms with Gasteiger partial charge in [0.15, 0.2) is 4.90 Å². The van der Waals surface area contributed by atoms with Crippen LogP contribution in [-0.4, -0.2) is 43.5 Å². The maximum Gasteiger partial charge on any atom is 0.269 e. The van der Waals surface area contributed by atoms with Crippen molar-refractivity contribution in [1.82, 2.24) is 14.7 Å². The largest absolute Gasteiger partial charge is 0.497 e. The first-order valence-corrected chi connectivity index (χ1v) is 12.7. The predicted octanol–water partition coefficient (Wildman–Crippen LogP) is 3.19. The molecule has 1 saturated heterocycles. The molecule has 1 aromatic carbocycles. The number of benzene rings is 1. The normalized spacial score (nSPS) is 17.3. The number of hydrogen-bond donors (Lipinski definition) is 2. The van der Waals surface area contributed by atoms with Crippen LogP contribution < -0.4 is 19.9 Å². The second-order valence-corrected chi connectivity index (χ2v) is 11.0. The Morgan fingerprint density at radius 3 is 2.49 bits per heavy atom. The van der Waals surface area contributed by atoms with Crippen molar-refractivity contribution in [2.45, 2.75) is 37.6 Å². The van der Waals surface area contributed by atoms with Gasteiger partial charge in [0, 0.05) is 23.8 Å². The molecular formula is C25H28N4O5S. The van der Waals surface area contributed by atoms with Crippen LogP contribution in [0.1, 0.15) is 37.6 Å². The number of aromatic amines is 1. The first-order chi connectivity index (χ1) is 16.5. The molecule has 184 valence electrons. The number of H-pyrrole nitrogens is 1. The van der Waals surface area contributed by atoms with E-state index in [-0.39, 0.29) is 11.1 Å². The molecule has 2 aromatic heterocycles. The number of sulfonamides is 1. The van der Waals surface area contributed by atoms with Gasteiger partial charge in [0.1, 0.15) is 11.6 Å². The molecule has 0 aliphatic carbocycles. The van der Waals surface area contributed by atoms with Crippen LogP contribution in [0.25, 0.3) is 11.3 Å². The number of carbonyl (C=O) groups is 1. The van der Waals surface area contributed by atoms with Crippen molar-refractivity contribution in [1.29, 1.82) is 0 Å². The Balaban J connectivity index is 1.77. The SMILES string of the molecule is COc1ccc(-c2ccc(C(=O)NS(=O)(=O)c3ccc[nH]c3=O)c(N3C[C@@H](C)CC3(C)C)n2)cc1. The van der Waals surface area contributed by atoms with Crippen molar-refractivity contribution in [3.63, 3.8) is 0 Å². The van der Waals surface area contributed by atoms with Gasteiger partial charge >= 0.3 is 0 Å². The summed E-state index contributed by atoms with van der Waals surface area (Å²) in [6, 6.07) is 13.2. The number of amides is 1. The Kier molecular flexibility index (Phi) is 6.42. The lowest BCUT2D eigenvalue weighted by molar-refractivity contribution is 0.0981. The van der Waals surface area contributed by atoms with E-state index in [1.165, 1.54) is 12.3 Å². The van der Waals surface area contributed by atoms with Crippen molar-refractivity contribution < 1.29 is 17.9 Å². The molecule has 1 atom stereocenters. The predicted molar refractivity (Wildman–Crippen MR) is 133 cm³/mol. The number of nitrogens with one attached hydrogen (secondary N) is 2. The molecule has 1 aliphatic rings. The van der Waals surface area contributed by atoms with E-state index in [0.29, 0.717) is 29.7 Å². The maximum atomic E-state index is 13.3. The average Bonchev–Trinajstić information content (AvgIpc) is 3.10. The Morgan fingerprint density at radius 2 is 1.89 bits per heavy atom. The number of methoxy groups -OCH3 is 1. The summed E-state index contributed by atoms with van der Waals surface area (Å²) in [5.74, 6) is 0.606. The number of rotatable bonds is 6. The minimum absolute atomic E-state index is 0.111. The third-order valence-electron chi connectivity index (χ3n) is 6.13. The number of anilines is 1. The van der Waals surface area contributed by atoms with Crippen molar-refractivity contribution in [2.24, 2.45) is 5.92 Å². The van der Waals surface area contributed by atoms with Crippen LogP contribution >= 0.6 is 0 Å². The van der Waals surface area contributed by atoms with Gasteiger partial charge in [0.2, 0.25) is 0 Å². The lowest BCUT2D eigenvalue weighted by Gasteiger charge is -2.34. The second-order valence-electron chi connectivity index (χ2n) is 9.33. The Hall–Kier alpha value is -3.66. The van der Waals surface area contributed by atoms with Crippen LogP contribution in [0.2, 0.25) is 0 Å². The monoisotopic (exact) mass is 496 g/mol. The maximum absolute atomic E-state index is 13.3. The van der Waals surface area contributed by atoms with Crippen molar-refractivity contribution >= 4 is 21.7 Å². The molecule has 0 saturated carbocycles. The Bertz CT molecular complexity index is 1410. The van der Waals surface area contributed by atoms with Crippen LogP contribution in [0.4, 0.5) is 5.82 Å². The summed E-state index contributed by atoms with van der Waals surface area (Å²) in [4.78, 5) is 33.9. The number of nitrogens with zero attached hydrogens (tertiary/aromatic N) is 2. The minimum Gasteiger partial charge on any atom is -0.497 e. The standard InChI is InChI=1S/C25H28N4O5S/c1-16-14-25(2,3)29(15-16)22-19(11-12-20(27-22)17-7-9-18(34-4)10-8-17)23(30)28-35(32,33)21-6-5-13-26-24(21)31/h5-13,16H,14-15H2,1-4H3,(H,26,31)(H,28,30)/t16-/m0/s1. The van der Waals surface area contributed by atoms with E-state index in [0.717, 1.165) is 18.1 Å². The van der Waals surface area contributed by atoms with Crippen LogP contribution in [0.3, 0.4) is 0 Å². The Morgan fingerprint density at radius 1 is 1.17 bits per heavy atom. The molecule has 0 spiro atoms. The summed E-state index contributed by atoms with van der Waals surface area (Å²) in [6.07, 6.45) is 2.21. The molecule has 9 nitrogen and oxygen atoms in total. The van der Waals surface area contributed by atoms with Gasteiger partial charge in [0.05, 0.1) is 18.4 Å². The fourth-order valence-electron chi connectivity index (χ4n) is 4.56. The first kappa shape index (κ1) is 24.5. The van der Waals surface area contributed by atoms with Crippen molar-refractivity contribution in [3.8, 4) is 17.0 Å². The molecule has 0 bridgehead atoms. The van der Waals surface area contributed by atoms with Gasteiger partial charge in [-0.2, -0.15) is 0 Å². The van der Waals surface area contributed by atoms with E-state index in [2.05, 4.69) is 25.8 Å². The lowest BCUT2D eigenvalue weighted by Crippen LogP contribution is -2.41. The fourth-order valence-corrected chi connectivity index (χ4v) is 5.59. The van der Waals surface area contributed by atoms with Gasteiger partial charge in [-0.25, -0.2) is 18.1 Å². The summed E-state index contributed by atoms with van der Waals surface area (Å²) in [5, 5.41) is 0. The highest BCUT2D eigenvalue weighted by molar-refractivity contribution is 7.90. The highest BCUT2D eigenvalue weighted by atomic mass is 32.2. The molecule has 3 aromatic rings. The first-order valence-electron chi connectivity index (χ1n) is 11.2. The summed E-state index contributed by atoms with van der Waals surface area (Å²) < 4.78 is 32.9. The molecule has 1 amide bonds. The molecule has 3 heterocycles. The summed E-state index contributed by atoms with van der Waals surface area (Å²) in [5.41, 5.74) is 0.468.